The van der Waals surface area contributed by atoms with Gasteiger partial charge in [-0.25, -0.2) is 14.4 Å². The number of carboxylic acids is 2. The minimum absolute atomic E-state index is 0.375. The number of carbonyl (C=O) groups excluding carboxylic acids is 2. The lowest BCUT2D eigenvalue weighted by Gasteiger charge is -2.21. The van der Waals surface area contributed by atoms with Gasteiger partial charge in [0.2, 0.25) is 5.91 Å². The van der Waals surface area contributed by atoms with E-state index < -0.39 is 22.3 Å². The van der Waals surface area contributed by atoms with Crippen molar-refractivity contribution >= 4 is 39.8 Å². The fraction of sp³-hybridized carbons (Fsp3) is 0.556. The lowest BCUT2D eigenvalue weighted by atomic mass is 10.0. The summed E-state index contributed by atoms with van der Waals surface area (Å²) in [7, 11) is 0. The first kappa shape index (κ1) is 18.7. The molecule has 0 atom stereocenters. The van der Waals surface area contributed by atoms with Crippen molar-refractivity contribution in [2.45, 2.75) is 31.0 Å². The molecule has 0 aromatic carbocycles. The Labute approximate surface area is 112 Å². The number of carboxylic acid groups (broad SMARTS) is 2. The second-order valence-corrected chi connectivity index (χ2v) is 4.62. The number of aliphatic carboxylic acids is 2. The number of amides is 3. The number of urea groups is 1. The first-order valence-electron chi connectivity index (χ1n) is 4.86. The summed E-state index contributed by atoms with van der Waals surface area (Å²) in [4.78, 5) is 39.8. The van der Waals surface area contributed by atoms with Gasteiger partial charge in [-0.1, -0.05) is 29.8 Å². The minimum Gasteiger partial charge on any atom is -0.473 e. The first-order valence-corrected chi connectivity index (χ1v) is 5.66. The summed E-state index contributed by atoms with van der Waals surface area (Å²) in [5.41, 5.74) is 4.81. The highest BCUT2D eigenvalue weighted by Crippen LogP contribution is 2.26. The van der Waals surface area contributed by atoms with Crippen molar-refractivity contribution in [1.29, 1.82) is 0 Å². The third-order valence-electron chi connectivity index (χ3n) is 1.95. The minimum atomic E-state index is -1.82. The van der Waals surface area contributed by atoms with Crippen molar-refractivity contribution < 1.29 is 29.4 Å². The highest BCUT2D eigenvalue weighted by molar-refractivity contribution is 9.10. The monoisotopic (exact) mass is 326 g/mol. The maximum absolute atomic E-state index is 11.3. The van der Waals surface area contributed by atoms with Gasteiger partial charge >= 0.3 is 18.0 Å². The number of carbonyl (C=O) groups is 4. The van der Waals surface area contributed by atoms with E-state index in [0.29, 0.717) is 12.8 Å². The molecule has 0 bridgehead atoms. The molecule has 0 saturated heterocycles. The van der Waals surface area contributed by atoms with E-state index >= 15 is 0 Å². The summed E-state index contributed by atoms with van der Waals surface area (Å²) in [6.45, 7) is 3.72. The van der Waals surface area contributed by atoms with Crippen LogP contribution in [0.2, 0.25) is 0 Å². The number of nitrogens with two attached hydrogens (primary N) is 1. The molecule has 0 radical (unpaired) electrons. The first-order chi connectivity index (χ1) is 8.10. The average Bonchev–Trinajstić information content (AvgIpc) is 2.27. The molecule has 9 heteroatoms. The number of halogens is 1. The number of hydrogen-bond donors (Lipinski definition) is 4. The van der Waals surface area contributed by atoms with Gasteiger partial charge in [0.15, 0.2) is 0 Å². The molecule has 0 aliphatic heterocycles. The van der Waals surface area contributed by atoms with Crippen molar-refractivity contribution in [1.82, 2.24) is 5.32 Å². The molecule has 0 aromatic heterocycles. The van der Waals surface area contributed by atoms with Crippen LogP contribution in [-0.2, 0) is 14.4 Å². The molecule has 0 heterocycles. The SMILES string of the molecule is CCC(Br)(CC)C(=O)NC(N)=O.O=C(O)C(=O)O. The van der Waals surface area contributed by atoms with Crippen LogP contribution in [0.3, 0.4) is 0 Å². The molecule has 0 unspecified atom stereocenters. The molecule has 104 valence electrons. The largest absolute Gasteiger partial charge is 0.473 e. The van der Waals surface area contributed by atoms with Crippen molar-refractivity contribution in [3.8, 4) is 0 Å². The van der Waals surface area contributed by atoms with Crippen molar-refractivity contribution in [3.05, 3.63) is 0 Å². The number of imide groups is 1. The van der Waals surface area contributed by atoms with Gasteiger partial charge in [-0.05, 0) is 12.8 Å². The third-order valence-corrected chi connectivity index (χ3v) is 3.43. The van der Waals surface area contributed by atoms with E-state index in [-0.39, 0.29) is 5.91 Å². The molecule has 0 aromatic rings. The van der Waals surface area contributed by atoms with E-state index in [2.05, 4.69) is 15.9 Å². The van der Waals surface area contributed by atoms with Crippen LogP contribution in [0.25, 0.3) is 0 Å². The summed E-state index contributed by atoms with van der Waals surface area (Å²) in [6, 6.07) is -0.814. The third kappa shape index (κ3) is 7.60. The van der Waals surface area contributed by atoms with Crippen molar-refractivity contribution in [3.63, 3.8) is 0 Å². The molecular formula is C9H15BrN2O6. The van der Waals surface area contributed by atoms with E-state index in [1.54, 1.807) is 0 Å². The Balaban J connectivity index is 0. The average molecular weight is 327 g/mol. The van der Waals surface area contributed by atoms with Crippen LogP contribution >= 0.6 is 15.9 Å². The lowest BCUT2D eigenvalue weighted by molar-refractivity contribution is -0.159. The van der Waals surface area contributed by atoms with E-state index in [9.17, 15) is 9.59 Å². The van der Waals surface area contributed by atoms with Gasteiger partial charge in [0, 0.05) is 0 Å². The number of hydrogen-bond acceptors (Lipinski definition) is 4. The number of primary amides is 1. The van der Waals surface area contributed by atoms with Crippen LogP contribution in [-0.4, -0.2) is 38.4 Å². The smallest absolute Gasteiger partial charge is 0.414 e. The molecule has 8 nitrogen and oxygen atoms in total. The van der Waals surface area contributed by atoms with Crippen LogP contribution in [0.15, 0.2) is 0 Å². The molecule has 0 fully saturated rings. The van der Waals surface area contributed by atoms with Gasteiger partial charge in [-0.2, -0.15) is 0 Å². The van der Waals surface area contributed by atoms with Gasteiger partial charge in [-0.3, -0.25) is 10.1 Å². The molecular weight excluding hydrogens is 312 g/mol. The fourth-order valence-corrected chi connectivity index (χ4v) is 0.894. The van der Waals surface area contributed by atoms with E-state index in [0.717, 1.165) is 0 Å². The summed E-state index contributed by atoms with van der Waals surface area (Å²) < 4.78 is -0.665. The Morgan fingerprint density at radius 2 is 1.44 bits per heavy atom. The van der Waals surface area contributed by atoms with Crippen LogP contribution in [0.1, 0.15) is 26.7 Å². The van der Waals surface area contributed by atoms with E-state index in [4.69, 9.17) is 25.5 Å². The topological polar surface area (TPSA) is 147 Å². The van der Waals surface area contributed by atoms with Crippen LogP contribution < -0.4 is 11.1 Å². The van der Waals surface area contributed by atoms with Gasteiger partial charge in [-0.15, -0.1) is 0 Å². The standard InChI is InChI=1S/C7H13BrN2O2.C2H2O4/c1-3-7(8,4-2)5(11)10-6(9)12;3-1(4)2(5)6/h3-4H2,1-2H3,(H3,9,10,11,12);(H,3,4)(H,5,6). The summed E-state index contributed by atoms with van der Waals surface area (Å²) in [5, 5.41) is 16.8. The molecule has 5 N–H and O–H groups in total. The Hall–Kier alpha value is -1.64. The van der Waals surface area contributed by atoms with Gasteiger partial charge in [0.25, 0.3) is 0 Å². The molecule has 18 heavy (non-hydrogen) atoms. The van der Waals surface area contributed by atoms with Gasteiger partial charge in [0.05, 0.1) is 0 Å². The molecule has 0 aliphatic carbocycles. The molecule has 3 amide bonds. The quantitative estimate of drug-likeness (QED) is 0.433. The summed E-state index contributed by atoms with van der Waals surface area (Å²) in [5.74, 6) is -4.02. The van der Waals surface area contributed by atoms with Gasteiger partial charge < -0.3 is 15.9 Å². The Morgan fingerprint density at radius 1 is 1.11 bits per heavy atom. The zero-order valence-electron chi connectivity index (χ0n) is 9.90. The Bertz CT molecular complexity index is 328. The zero-order chi connectivity index (χ0) is 14.9. The van der Waals surface area contributed by atoms with Crippen LogP contribution in [0.4, 0.5) is 4.79 Å². The molecule has 0 aliphatic rings. The fourth-order valence-electron chi connectivity index (χ4n) is 0.795. The van der Waals surface area contributed by atoms with Gasteiger partial charge in [0.1, 0.15) is 4.32 Å². The summed E-state index contributed by atoms with van der Waals surface area (Å²) >= 11 is 3.26. The van der Waals surface area contributed by atoms with E-state index in [1.165, 1.54) is 0 Å². The predicted molar refractivity (Wildman–Crippen MR) is 65.2 cm³/mol. The number of rotatable bonds is 3. The van der Waals surface area contributed by atoms with Crippen molar-refractivity contribution in [2.24, 2.45) is 5.73 Å². The highest BCUT2D eigenvalue weighted by atomic mass is 79.9. The lowest BCUT2D eigenvalue weighted by Crippen LogP contribution is -2.46. The molecule has 0 saturated carbocycles. The predicted octanol–water partition coefficient (Wildman–Crippen LogP) is 0.291. The maximum atomic E-state index is 11.3. The Kier molecular flexibility index (Phi) is 8.79. The zero-order valence-corrected chi connectivity index (χ0v) is 11.5. The highest BCUT2D eigenvalue weighted by Gasteiger charge is 2.32. The Morgan fingerprint density at radius 3 is 1.61 bits per heavy atom. The second-order valence-electron chi connectivity index (χ2n) is 3.10. The van der Waals surface area contributed by atoms with Crippen LogP contribution in [0, 0.1) is 0 Å². The second kappa shape index (κ2) is 8.45. The normalized spacial score (nSPS) is 9.72. The number of alkyl halides is 1. The molecule has 0 rings (SSSR count). The number of nitrogens with one attached hydrogen (secondary N) is 1. The summed E-state index contributed by atoms with van der Waals surface area (Å²) in [6.07, 6.45) is 1.23. The maximum Gasteiger partial charge on any atom is 0.414 e. The van der Waals surface area contributed by atoms with E-state index in [1.807, 2.05) is 19.2 Å². The van der Waals surface area contributed by atoms with Crippen LogP contribution in [0.5, 0.6) is 0 Å². The van der Waals surface area contributed by atoms with Crippen molar-refractivity contribution in [2.75, 3.05) is 0 Å². The molecule has 0 spiro atoms.